The number of amides is 1. The van der Waals surface area contributed by atoms with E-state index in [4.69, 9.17) is 31.2 Å². The van der Waals surface area contributed by atoms with Crippen molar-refractivity contribution >= 4 is 84.7 Å². The molecule has 4 N–H and O–H groups in total. The van der Waals surface area contributed by atoms with Crippen LogP contribution in [0.2, 0.25) is 5.02 Å². The number of aromatic nitrogens is 7. The number of carbonyl (C=O) groups excluding carboxylic acids is 3. The molecular formula is C79H68ClF4N9O7. The van der Waals surface area contributed by atoms with E-state index in [1.54, 1.807) is 109 Å². The molecule has 0 bridgehead atoms. The zero-order valence-electron chi connectivity index (χ0n) is 55.2. The third-order valence-electron chi connectivity index (χ3n) is 16.0. The van der Waals surface area contributed by atoms with Crippen LogP contribution in [-0.2, 0) is 28.7 Å². The van der Waals surface area contributed by atoms with Crippen molar-refractivity contribution in [2.45, 2.75) is 59.3 Å². The number of ether oxygens (including phenoxy) is 2. The summed E-state index contributed by atoms with van der Waals surface area (Å²) in [6, 6.07) is 53.2. The molecule has 13 aromatic rings. The van der Waals surface area contributed by atoms with E-state index in [2.05, 4.69) is 54.6 Å². The summed E-state index contributed by atoms with van der Waals surface area (Å²) in [4.78, 5) is 69.7. The van der Waals surface area contributed by atoms with E-state index >= 15 is 0 Å². The zero-order chi connectivity index (χ0) is 70.8. The lowest BCUT2D eigenvalue weighted by Crippen LogP contribution is -2.24. The number of aryl methyl sites for hydroxylation is 3. The molecule has 0 aliphatic heterocycles. The number of anilines is 1. The topological polar surface area (TPSA) is 224 Å². The Balaban J connectivity index is 0.000000145. The van der Waals surface area contributed by atoms with Crippen LogP contribution in [0.4, 0.5) is 23.2 Å². The highest BCUT2D eigenvalue weighted by molar-refractivity contribution is 6.35. The maximum atomic E-state index is 13.3. The van der Waals surface area contributed by atoms with Crippen LogP contribution < -0.4 is 10.6 Å². The molecule has 5 heterocycles. The number of nitrogens with one attached hydrogen (secondary N) is 3. The molecule has 0 unspecified atom stereocenters. The Labute approximate surface area is 578 Å². The van der Waals surface area contributed by atoms with Crippen molar-refractivity contribution in [3.8, 4) is 45.0 Å². The highest BCUT2D eigenvalue weighted by atomic mass is 35.5. The molecule has 21 heteroatoms. The Bertz CT molecular complexity index is 5070. The van der Waals surface area contributed by atoms with Gasteiger partial charge in [-0.15, -0.1) is 0 Å². The number of aromatic amines is 1. The number of rotatable bonds is 18. The molecule has 16 nitrogen and oxygen atoms in total. The fourth-order valence-electron chi connectivity index (χ4n) is 11.1. The van der Waals surface area contributed by atoms with Crippen molar-refractivity contribution in [1.29, 1.82) is 0 Å². The quantitative estimate of drug-likeness (QED) is 0.0356. The van der Waals surface area contributed by atoms with Crippen LogP contribution in [-0.4, -0.2) is 91.3 Å². The third-order valence-corrected chi connectivity index (χ3v) is 16.3. The number of benzene rings is 8. The number of fused-ring (bicyclic) bond motifs is 4. The summed E-state index contributed by atoms with van der Waals surface area (Å²) in [6.45, 7) is 7.51. The maximum absolute atomic E-state index is 13.3. The third kappa shape index (κ3) is 17.9. The average Bonchev–Trinajstić information content (AvgIpc) is 1.15. The van der Waals surface area contributed by atoms with Crippen LogP contribution in [0.25, 0.3) is 88.6 Å². The van der Waals surface area contributed by atoms with Crippen LogP contribution in [0.5, 0.6) is 0 Å². The SMILES string of the molecule is CCCc1cc(-c2ccc(F)cc2)nc2cc(C(=O)O)ccc12.CCCc1cc(-c2ccc(F)cc2)nc2cc(C(=O)OC)ccc12.CCNc1cc(-c2ccc(F)cc2)nc2cc(C(=O)NCCCc3ncn[nH]3)ccc12.COC(=O)c1ccc2c(Cl)cc(-c3ccc(F)cc3)nc2c1. The molecule has 0 fully saturated rings. The zero-order valence-corrected chi connectivity index (χ0v) is 55.9. The highest BCUT2D eigenvalue weighted by Gasteiger charge is 2.17. The van der Waals surface area contributed by atoms with E-state index in [0.29, 0.717) is 62.6 Å². The second-order valence-corrected chi connectivity index (χ2v) is 23.4. The molecule has 0 radical (unpaired) electrons. The smallest absolute Gasteiger partial charge is 0.337 e. The van der Waals surface area contributed by atoms with E-state index in [-0.39, 0.29) is 40.7 Å². The normalized spacial score (nSPS) is 10.8. The molecule has 0 aliphatic rings. The molecule has 0 atom stereocenters. The molecule has 1 amide bonds. The van der Waals surface area contributed by atoms with Gasteiger partial charge in [-0.3, -0.25) is 9.89 Å². The van der Waals surface area contributed by atoms with Gasteiger partial charge in [0.25, 0.3) is 5.91 Å². The molecule has 8 aromatic carbocycles. The minimum absolute atomic E-state index is 0.154. The summed E-state index contributed by atoms with van der Waals surface area (Å²) in [5.74, 6) is -2.33. The summed E-state index contributed by atoms with van der Waals surface area (Å²) in [7, 11) is 2.68. The second-order valence-electron chi connectivity index (χ2n) is 22.9. The van der Waals surface area contributed by atoms with Crippen molar-refractivity contribution in [3.05, 3.63) is 268 Å². The summed E-state index contributed by atoms with van der Waals surface area (Å²) in [6.07, 6.45) is 6.70. The fraction of sp³-hybridized carbons (Fsp3) is 0.165. The first kappa shape index (κ1) is 71.0. The second kappa shape index (κ2) is 33.5. The minimum Gasteiger partial charge on any atom is -0.478 e. The number of methoxy groups -OCH3 is 2. The van der Waals surface area contributed by atoms with Crippen molar-refractivity contribution in [2.75, 3.05) is 32.6 Å². The molecule has 100 heavy (non-hydrogen) atoms. The molecule has 0 spiro atoms. The molecular weight excluding hydrogens is 1300 g/mol. The molecule has 5 aromatic heterocycles. The van der Waals surface area contributed by atoms with Crippen molar-refractivity contribution in [2.24, 2.45) is 0 Å². The number of hydrogen-bond donors (Lipinski definition) is 4. The summed E-state index contributed by atoms with van der Waals surface area (Å²) in [5.41, 5.74) is 13.5. The predicted octanol–water partition coefficient (Wildman–Crippen LogP) is 17.9. The number of carboxylic acids is 1. The molecule has 0 saturated carbocycles. The lowest BCUT2D eigenvalue weighted by atomic mass is 10.00. The first-order chi connectivity index (χ1) is 48.4. The molecule has 13 rings (SSSR count). The fourth-order valence-corrected chi connectivity index (χ4v) is 11.3. The number of carbonyl (C=O) groups is 4. The molecule has 506 valence electrons. The van der Waals surface area contributed by atoms with Gasteiger partial charge in [0.1, 0.15) is 35.4 Å². The van der Waals surface area contributed by atoms with Crippen LogP contribution >= 0.6 is 11.6 Å². The van der Waals surface area contributed by atoms with E-state index in [9.17, 15) is 36.7 Å². The van der Waals surface area contributed by atoms with Crippen molar-refractivity contribution in [1.82, 2.24) is 40.4 Å². The summed E-state index contributed by atoms with van der Waals surface area (Å²) in [5, 5.41) is 26.2. The Morgan fingerprint density at radius 1 is 0.470 bits per heavy atom. The van der Waals surface area contributed by atoms with Crippen LogP contribution in [0.1, 0.15) is 98.4 Å². The number of halogens is 5. The van der Waals surface area contributed by atoms with Crippen molar-refractivity contribution < 1.29 is 51.3 Å². The van der Waals surface area contributed by atoms with E-state index in [1.165, 1.54) is 74.6 Å². The molecule has 0 saturated heterocycles. The Morgan fingerprint density at radius 3 is 1.29 bits per heavy atom. The first-order valence-corrected chi connectivity index (χ1v) is 32.5. The minimum atomic E-state index is -0.974. The van der Waals surface area contributed by atoms with Crippen LogP contribution in [0.3, 0.4) is 0 Å². The van der Waals surface area contributed by atoms with Gasteiger partial charge < -0.3 is 25.2 Å². The molecule has 0 aliphatic carbocycles. The maximum Gasteiger partial charge on any atom is 0.337 e. The number of hydrogen-bond acceptors (Lipinski definition) is 13. The Morgan fingerprint density at radius 2 is 0.860 bits per heavy atom. The van der Waals surface area contributed by atoms with E-state index in [0.717, 1.165) is 116 Å². The summed E-state index contributed by atoms with van der Waals surface area (Å²) < 4.78 is 62.1. The van der Waals surface area contributed by atoms with Gasteiger partial charge in [0.2, 0.25) is 0 Å². The van der Waals surface area contributed by atoms with Crippen LogP contribution in [0.15, 0.2) is 200 Å². The monoisotopic (exact) mass is 1370 g/mol. The number of esters is 2. The number of pyridine rings is 4. The van der Waals surface area contributed by atoms with Gasteiger partial charge in [0, 0.05) is 74.6 Å². The lowest BCUT2D eigenvalue weighted by molar-refractivity contribution is 0.0592. The average molecular weight is 1370 g/mol. The van der Waals surface area contributed by atoms with Gasteiger partial charge in [0.05, 0.1) is 80.8 Å². The van der Waals surface area contributed by atoms with E-state index in [1.807, 2.05) is 43.3 Å². The lowest BCUT2D eigenvalue weighted by Gasteiger charge is -2.12. The first-order valence-electron chi connectivity index (χ1n) is 32.1. The van der Waals surface area contributed by atoms with Gasteiger partial charge in [0.15, 0.2) is 0 Å². The highest BCUT2D eigenvalue weighted by Crippen LogP contribution is 2.33. The van der Waals surface area contributed by atoms with E-state index < -0.39 is 11.9 Å². The predicted molar refractivity (Wildman–Crippen MR) is 382 cm³/mol. The van der Waals surface area contributed by atoms with Gasteiger partial charge in [-0.25, -0.2) is 56.9 Å². The number of H-pyrrole nitrogens is 1. The van der Waals surface area contributed by atoms with Gasteiger partial charge in [-0.05, 0) is 213 Å². The van der Waals surface area contributed by atoms with Crippen LogP contribution in [0, 0.1) is 23.3 Å². The summed E-state index contributed by atoms with van der Waals surface area (Å²) >= 11 is 6.28. The standard InChI is InChI=1S/C23H23FN6O.C20H18FNO2.C19H16FNO2.C17H11ClFNO2/c1-2-25-20-13-19(15-5-8-17(24)9-6-15)29-21-12-16(7-10-18(20)21)23(31)26-11-3-4-22-27-14-28-30-22;1-3-4-14-11-18(13-5-8-16(21)9-6-13)22-19-12-15(20(23)24-2)7-10-17(14)19;1-2-3-13-10-17(12-4-7-15(20)8-5-12)21-18-11-14(19(22)23)6-9-16(13)18;1-22-17(21)11-4-7-13-14(18)9-15(20-16(13)8-11)10-2-5-12(19)6-3-10/h5-10,12-14H,2-4,11H2,1H3,(H,25,29)(H,26,31)(H,27,28,30);5-12H,3-4H2,1-2H3;4-11H,2-3H2,1H3,(H,22,23);2-9H,1H3. The Hall–Kier alpha value is -11.8. The number of aromatic carboxylic acids is 1. The Kier molecular flexibility index (Phi) is 23.8. The van der Waals surface area contributed by atoms with Gasteiger partial charge in [-0.2, -0.15) is 5.10 Å². The van der Waals surface area contributed by atoms with Gasteiger partial charge in [-0.1, -0.05) is 56.5 Å². The van der Waals surface area contributed by atoms with Gasteiger partial charge >= 0.3 is 17.9 Å². The van der Waals surface area contributed by atoms with Crippen molar-refractivity contribution in [3.63, 3.8) is 0 Å². The number of carboxylic acid groups (broad SMARTS) is 1. The largest absolute Gasteiger partial charge is 0.478 e. The number of nitrogens with zero attached hydrogens (tertiary/aromatic N) is 6.